The zero-order valence-electron chi connectivity index (χ0n) is 18.1. The van der Waals surface area contributed by atoms with Gasteiger partial charge in [0.25, 0.3) is 11.8 Å². The van der Waals surface area contributed by atoms with Crippen molar-refractivity contribution >= 4 is 50.9 Å². The molecule has 1 aromatic heterocycles. The van der Waals surface area contributed by atoms with Crippen molar-refractivity contribution in [1.82, 2.24) is 0 Å². The van der Waals surface area contributed by atoms with Crippen LogP contribution in [0.3, 0.4) is 0 Å². The summed E-state index contributed by atoms with van der Waals surface area (Å²) in [7, 11) is 0. The molecule has 164 valence electrons. The number of nitrogens with one attached hydrogen (secondary N) is 1. The topological polar surface area (TPSA) is 58.6 Å². The molecule has 2 heterocycles. The first-order valence-corrected chi connectivity index (χ1v) is 11.7. The third-order valence-electron chi connectivity index (χ3n) is 5.47. The Labute approximate surface area is 195 Å². The van der Waals surface area contributed by atoms with Gasteiger partial charge in [0.2, 0.25) is 0 Å². The molecular formula is C27H22N2O3S. The van der Waals surface area contributed by atoms with Crippen LogP contribution in [0.5, 0.6) is 5.75 Å². The van der Waals surface area contributed by atoms with E-state index in [0.29, 0.717) is 23.6 Å². The maximum atomic E-state index is 13.7. The molecule has 2 amide bonds. The SMILES string of the molecule is CCCOc1ccccc1N1C(=O)C(Nc2cccc3ccccc23)=C(c2cccs2)C1=O. The van der Waals surface area contributed by atoms with Gasteiger partial charge in [0, 0.05) is 16.0 Å². The van der Waals surface area contributed by atoms with E-state index in [1.165, 1.54) is 16.2 Å². The normalized spacial score (nSPS) is 13.8. The molecule has 1 aliphatic rings. The summed E-state index contributed by atoms with van der Waals surface area (Å²) in [5.41, 5.74) is 1.86. The van der Waals surface area contributed by atoms with Gasteiger partial charge >= 0.3 is 0 Å². The Hall–Kier alpha value is -3.90. The molecule has 5 nitrogen and oxygen atoms in total. The molecule has 4 aromatic rings. The average molecular weight is 455 g/mol. The van der Waals surface area contributed by atoms with Crippen LogP contribution in [-0.2, 0) is 9.59 Å². The van der Waals surface area contributed by atoms with Crippen LogP contribution >= 0.6 is 11.3 Å². The maximum absolute atomic E-state index is 13.7. The first-order valence-electron chi connectivity index (χ1n) is 10.8. The van der Waals surface area contributed by atoms with Crippen LogP contribution in [0.15, 0.2) is 89.9 Å². The van der Waals surface area contributed by atoms with Gasteiger partial charge < -0.3 is 10.1 Å². The van der Waals surface area contributed by atoms with Gasteiger partial charge in [0.15, 0.2) is 0 Å². The van der Waals surface area contributed by atoms with Crippen molar-refractivity contribution in [3.63, 3.8) is 0 Å². The molecule has 3 aromatic carbocycles. The number of para-hydroxylation sites is 2. The first-order chi connectivity index (χ1) is 16.2. The number of ether oxygens (including phenoxy) is 1. The molecule has 6 heteroatoms. The number of hydrogen-bond donors (Lipinski definition) is 1. The third-order valence-corrected chi connectivity index (χ3v) is 6.36. The Bertz CT molecular complexity index is 1370. The molecule has 0 saturated carbocycles. The summed E-state index contributed by atoms with van der Waals surface area (Å²) in [5, 5.41) is 7.22. The lowest BCUT2D eigenvalue weighted by Gasteiger charge is -2.19. The number of carbonyl (C=O) groups is 2. The quantitative estimate of drug-likeness (QED) is 0.344. The number of fused-ring (bicyclic) bond motifs is 1. The molecule has 0 aliphatic carbocycles. The van der Waals surface area contributed by atoms with E-state index in [1.807, 2.05) is 73.0 Å². The number of hydrogen-bond acceptors (Lipinski definition) is 5. The van der Waals surface area contributed by atoms with Crippen molar-refractivity contribution in [3.8, 4) is 5.75 Å². The van der Waals surface area contributed by atoms with Gasteiger partial charge in [-0.2, -0.15) is 0 Å². The summed E-state index contributed by atoms with van der Waals surface area (Å²) in [6.07, 6.45) is 0.822. The minimum Gasteiger partial charge on any atom is -0.491 e. The fraction of sp³-hybridized carbons (Fsp3) is 0.111. The van der Waals surface area contributed by atoms with Crippen LogP contribution in [-0.4, -0.2) is 18.4 Å². The monoisotopic (exact) mass is 454 g/mol. The Balaban J connectivity index is 1.61. The largest absolute Gasteiger partial charge is 0.491 e. The molecule has 1 aliphatic heterocycles. The molecule has 0 fully saturated rings. The fourth-order valence-corrected chi connectivity index (χ4v) is 4.73. The van der Waals surface area contributed by atoms with Gasteiger partial charge in [0.1, 0.15) is 11.4 Å². The highest BCUT2D eigenvalue weighted by molar-refractivity contribution is 7.11. The van der Waals surface area contributed by atoms with Gasteiger partial charge in [0.05, 0.1) is 17.9 Å². The number of imide groups is 1. The average Bonchev–Trinajstić information content (AvgIpc) is 3.45. The minimum atomic E-state index is -0.399. The van der Waals surface area contributed by atoms with Crippen molar-refractivity contribution in [2.75, 3.05) is 16.8 Å². The molecular weight excluding hydrogens is 432 g/mol. The number of amides is 2. The number of carbonyl (C=O) groups excluding carboxylic acids is 2. The molecule has 0 spiro atoms. The van der Waals surface area contributed by atoms with Crippen molar-refractivity contribution in [2.45, 2.75) is 13.3 Å². The Morgan fingerprint density at radius 2 is 1.67 bits per heavy atom. The maximum Gasteiger partial charge on any atom is 0.282 e. The van der Waals surface area contributed by atoms with E-state index in [-0.39, 0.29) is 11.6 Å². The van der Waals surface area contributed by atoms with E-state index in [4.69, 9.17) is 4.74 Å². The highest BCUT2D eigenvalue weighted by Gasteiger charge is 2.42. The van der Waals surface area contributed by atoms with Crippen LogP contribution in [0.1, 0.15) is 18.2 Å². The molecule has 5 rings (SSSR count). The number of rotatable bonds is 7. The van der Waals surface area contributed by atoms with E-state index < -0.39 is 5.91 Å². The standard InChI is InChI=1S/C27H22N2O3S/c1-2-16-32-22-14-6-5-13-21(22)29-26(30)24(23-15-8-17-33-23)25(27(29)31)28-20-12-7-10-18-9-3-4-11-19(18)20/h3-15,17,28H,2,16H2,1H3. The third kappa shape index (κ3) is 3.79. The number of thiophene rings is 1. The summed E-state index contributed by atoms with van der Waals surface area (Å²) in [4.78, 5) is 29.3. The van der Waals surface area contributed by atoms with Crippen LogP contribution in [0.2, 0.25) is 0 Å². The summed E-state index contributed by atoms with van der Waals surface area (Å²) in [6.45, 7) is 2.51. The number of anilines is 2. The molecule has 0 saturated heterocycles. The Morgan fingerprint density at radius 1 is 0.879 bits per heavy atom. The Morgan fingerprint density at radius 3 is 2.48 bits per heavy atom. The second kappa shape index (κ2) is 8.92. The molecule has 0 bridgehead atoms. The minimum absolute atomic E-state index is 0.268. The van der Waals surface area contributed by atoms with Gasteiger partial charge in [-0.3, -0.25) is 9.59 Å². The lowest BCUT2D eigenvalue weighted by Crippen LogP contribution is -2.32. The van der Waals surface area contributed by atoms with Gasteiger partial charge in [-0.25, -0.2) is 4.90 Å². The fourth-order valence-electron chi connectivity index (χ4n) is 3.96. The molecule has 33 heavy (non-hydrogen) atoms. The second-order valence-electron chi connectivity index (χ2n) is 7.64. The van der Waals surface area contributed by atoms with Crippen LogP contribution in [0, 0.1) is 0 Å². The van der Waals surface area contributed by atoms with E-state index in [9.17, 15) is 9.59 Å². The van der Waals surface area contributed by atoms with Crippen LogP contribution in [0.25, 0.3) is 16.3 Å². The Kier molecular flexibility index (Phi) is 5.67. The smallest absolute Gasteiger partial charge is 0.282 e. The lowest BCUT2D eigenvalue weighted by molar-refractivity contribution is -0.120. The molecule has 0 atom stereocenters. The van der Waals surface area contributed by atoms with Crippen LogP contribution < -0.4 is 15.0 Å². The molecule has 0 radical (unpaired) electrons. The summed E-state index contributed by atoms with van der Waals surface area (Å²) in [6, 6.07) is 24.7. The summed E-state index contributed by atoms with van der Waals surface area (Å²) in [5.74, 6) is -0.250. The second-order valence-corrected chi connectivity index (χ2v) is 8.59. The number of benzene rings is 3. The van der Waals surface area contributed by atoms with Crippen LogP contribution in [0.4, 0.5) is 11.4 Å². The van der Waals surface area contributed by atoms with E-state index >= 15 is 0 Å². The van der Waals surface area contributed by atoms with E-state index in [0.717, 1.165) is 27.8 Å². The molecule has 0 unspecified atom stereocenters. The summed E-state index contributed by atoms with van der Waals surface area (Å²) < 4.78 is 5.85. The van der Waals surface area contributed by atoms with Crippen molar-refractivity contribution < 1.29 is 14.3 Å². The van der Waals surface area contributed by atoms with Gasteiger partial charge in [-0.05, 0) is 41.5 Å². The highest BCUT2D eigenvalue weighted by atomic mass is 32.1. The van der Waals surface area contributed by atoms with Gasteiger partial charge in [-0.15, -0.1) is 11.3 Å². The van der Waals surface area contributed by atoms with E-state index in [1.54, 1.807) is 18.2 Å². The number of nitrogens with zero attached hydrogens (tertiary/aromatic N) is 1. The van der Waals surface area contributed by atoms with Crippen molar-refractivity contribution in [3.05, 3.63) is 94.8 Å². The predicted octanol–water partition coefficient (Wildman–Crippen LogP) is 6.09. The first kappa shape index (κ1) is 21.0. The summed E-state index contributed by atoms with van der Waals surface area (Å²) >= 11 is 1.43. The molecule has 1 N–H and O–H groups in total. The highest BCUT2D eigenvalue weighted by Crippen LogP contribution is 2.39. The van der Waals surface area contributed by atoms with Crippen molar-refractivity contribution in [1.29, 1.82) is 0 Å². The van der Waals surface area contributed by atoms with Crippen molar-refractivity contribution in [2.24, 2.45) is 0 Å². The predicted molar refractivity (Wildman–Crippen MR) is 134 cm³/mol. The van der Waals surface area contributed by atoms with Gasteiger partial charge in [-0.1, -0.05) is 61.5 Å². The zero-order chi connectivity index (χ0) is 22.8. The lowest BCUT2D eigenvalue weighted by atomic mass is 10.1. The van der Waals surface area contributed by atoms with E-state index in [2.05, 4.69) is 5.32 Å². The zero-order valence-corrected chi connectivity index (χ0v) is 18.9.